The first kappa shape index (κ1) is 40.8. The fraction of sp³-hybridized carbons (Fsp3) is 0.405. The van der Waals surface area contributed by atoms with Crippen LogP contribution in [-0.4, -0.2) is 75.5 Å². The predicted molar refractivity (Wildman–Crippen MR) is 209 cm³/mol. The summed E-state index contributed by atoms with van der Waals surface area (Å²) in [6, 6.07) is 20.3. The minimum absolute atomic E-state index is 0. The molecule has 0 saturated heterocycles. The maximum absolute atomic E-state index is 11.8. The Hall–Kier alpha value is -4.35. The minimum Gasteiger partial charge on any atom is -0.550 e. The number of halogens is 2. The molecule has 3 unspecified atom stereocenters. The van der Waals surface area contributed by atoms with Crippen LogP contribution in [0.1, 0.15) is 64.7 Å². The number of carbonyl (C=O) groups excluding carboxylic acids is 1. The summed E-state index contributed by atoms with van der Waals surface area (Å²) in [5, 5.41) is 23.0. The van der Waals surface area contributed by atoms with Crippen molar-refractivity contribution in [3.05, 3.63) is 94.0 Å². The minimum atomic E-state index is -1.01. The molecule has 10 nitrogen and oxygen atoms in total. The number of aromatic hydroxyl groups is 1. The van der Waals surface area contributed by atoms with Gasteiger partial charge in [0.15, 0.2) is 34.5 Å². The van der Waals surface area contributed by atoms with Crippen LogP contribution in [-0.2, 0) is 30.5 Å². The molecule has 4 aromatic rings. The van der Waals surface area contributed by atoms with Crippen LogP contribution in [0.25, 0.3) is 0 Å². The summed E-state index contributed by atoms with van der Waals surface area (Å²) >= 11 is 0. The number of aliphatic carboxylic acids is 1. The zero-order valence-corrected chi connectivity index (χ0v) is 33.1. The molecular formula is C42H50Cl2N2O8. The van der Waals surface area contributed by atoms with Crippen molar-refractivity contribution in [3.8, 4) is 46.0 Å². The van der Waals surface area contributed by atoms with Gasteiger partial charge >= 0.3 is 0 Å². The fourth-order valence-corrected chi connectivity index (χ4v) is 8.35. The molecule has 1 N–H and O–H groups in total. The SMILES string of the molecule is COc1ccc2cc1Oc1ccc(cc1)CC1c3cc(c(OC)cc3CC[N+]1(C)CCCCC(=O)[O-])Oc1c(O)c(OC)cc3c1C(C2)N(C)CC3.Cl.Cl. The summed E-state index contributed by atoms with van der Waals surface area (Å²) in [7, 11) is 9.22. The van der Waals surface area contributed by atoms with Gasteiger partial charge in [-0.2, -0.15) is 0 Å². The number of unbranched alkanes of at least 4 members (excludes halogenated alkanes) is 1. The van der Waals surface area contributed by atoms with Crippen LogP contribution in [0.5, 0.6) is 46.0 Å². The smallest absolute Gasteiger partial charge is 0.201 e. The summed E-state index contributed by atoms with van der Waals surface area (Å²) < 4.78 is 31.5. The molecule has 290 valence electrons. The van der Waals surface area contributed by atoms with E-state index in [4.69, 9.17) is 23.7 Å². The van der Waals surface area contributed by atoms with Crippen molar-refractivity contribution in [3.63, 3.8) is 0 Å². The summed E-state index contributed by atoms with van der Waals surface area (Å²) in [6.45, 7) is 2.53. The molecule has 0 saturated carbocycles. The molecule has 8 rings (SSSR count). The summed E-state index contributed by atoms with van der Waals surface area (Å²) in [5.74, 6) is 2.73. The fourth-order valence-electron chi connectivity index (χ4n) is 8.35. The maximum Gasteiger partial charge on any atom is 0.201 e. The number of methoxy groups -OCH3 is 3. The first-order valence-electron chi connectivity index (χ1n) is 18.1. The molecule has 4 aliphatic rings. The second kappa shape index (κ2) is 17.0. The number of phenolic OH excluding ortho intramolecular Hbond substituents is 1. The molecule has 12 heteroatoms. The van der Waals surface area contributed by atoms with Crippen molar-refractivity contribution in [2.75, 3.05) is 55.1 Å². The molecule has 4 aromatic carbocycles. The van der Waals surface area contributed by atoms with Gasteiger partial charge < -0.3 is 43.2 Å². The number of hydrogen-bond acceptors (Lipinski definition) is 9. The van der Waals surface area contributed by atoms with Gasteiger partial charge in [0, 0.05) is 42.5 Å². The summed E-state index contributed by atoms with van der Waals surface area (Å²) in [4.78, 5) is 13.5. The van der Waals surface area contributed by atoms with Gasteiger partial charge in [0.25, 0.3) is 0 Å². The van der Waals surface area contributed by atoms with Crippen LogP contribution >= 0.6 is 24.8 Å². The van der Waals surface area contributed by atoms with Crippen molar-refractivity contribution in [1.29, 1.82) is 0 Å². The molecular weight excluding hydrogens is 731 g/mol. The molecule has 3 atom stereocenters. The van der Waals surface area contributed by atoms with Crippen LogP contribution in [0.3, 0.4) is 0 Å². The maximum atomic E-state index is 11.8. The van der Waals surface area contributed by atoms with Gasteiger partial charge in [-0.05, 0) is 104 Å². The Labute approximate surface area is 330 Å². The molecule has 6 bridgehead atoms. The number of rotatable bonds is 8. The number of nitrogens with zero attached hydrogens (tertiary/aromatic N) is 2. The van der Waals surface area contributed by atoms with Gasteiger partial charge in [-0.1, -0.05) is 18.2 Å². The van der Waals surface area contributed by atoms with Crippen molar-refractivity contribution in [1.82, 2.24) is 4.90 Å². The van der Waals surface area contributed by atoms with Crippen LogP contribution in [0.15, 0.2) is 60.7 Å². The van der Waals surface area contributed by atoms with E-state index in [0.717, 1.165) is 77.6 Å². The van der Waals surface area contributed by atoms with Crippen molar-refractivity contribution in [2.24, 2.45) is 0 Å². The number of likely N-dealkylation sites (N-methyl/N-ethyl adjacent to an activating group) is 2. The van der Waals surface area contributed by atoms with Crippen molar-refractivity contribution >= 4 is 30.8 Å². The van der Waals surface area contributed by atoms with Gasteiger partial charge in [-0.25, -0.2) is 0 Å². The van der Waals surface area contributed by atoms with E-state index in [1.807, 2.05) is 30.3 Å². The van der Waals surface area contributed by atoms with Gasteiger partial charge in [0.1, 0.15) is 11.8 Å². The number of ether oxygens (including phenoxy) is 5. The molecule has 54 heavy (non-hydrogen) atoms. The monoisotopic (exact) mass is 780 g/mol. The molecule has 0 spiro atoms. The second-order valence-electron chi connectivity index (χ2n) is 14.5. The zero-order valence-electron chi connectivity index (χ0n) is 31.5. The Kier molecular flexibility index (Phi) is 12.8. The molecule has 0 aliphatic carbocycles. The Morgan fingerprint density at radius 1 is 0.852 bits per heavy atom. The number of benzene rings is 4. The summed E-state index contributed by atoms with van der Waals surface area (Å²) in [6.07, 6.45) is 4.35. The number of fused-ring (bicyclic) bond motifs is 2. The van der Waals surface area contributed by atoms with E-state index in [9.17, 15) is 15.0 Å². The average Bonchev–Trinajstić information content (AvgIpc) is 3.14. The first-order chi connectivity index (χ1) is 25.1. The van der Waals surface area contributed by atoms with Crippen LogP contribution in [0.4, 0.5) is 0 Å². The highest BCUT2D eigenvalue weighted by Crippen LogP contribution is 2.52. The highest BCUT2D eigenvalue weighted by Gasteiger charge is 2.40. The van der Waals surface area contributed by atoms with Gasteiger partial charge in [0.2, 0.25) is 5.75 Å². The van der Waals surface area contributed by atoms with Gasteiger partial charge in [-0.3, -0.25) is 4.90 Å². The summed E-state index contributed by atoms with van der Waals surface area (Å²) in [5.41, 5.74) is 6.50. The van der Waals surface area contributed by atoms with E-state index < -0.39 is 5.97 Å². The number of quaternary nitrogens is 1. The number of carboxylic acid groups (broad SMARTS) is 1. The Balaban J connectivity index is 0.00000280. The molecule has 4 heterocycles. The van der Waals surface area contributed by atoms with E-state index in [1.165, 1.54) is 5.56 Å². The van der Waals surface area contributed by atoms with E-state index in [1.54, 1.807) is 21.3 Å². The van der Waals surface area contributed by atoms with E-state index >= 15 is 0 Å². The normalized spacial score (nSPS) is 20.0. The zero-order chi connectivity index (χ0) is 36.6. The lowest BCUT2D eigenvalue weighted by molar-refractivity contribution is -0.941. The van der Waals surface area contributed by atoms with E-state index in [0.29, 0.717) is 53.1 Å². The Morgan fingerprint density at radius 3 is 2.24 bits per heavy atom. The van der Waals surface area contributed by atoms with E-state index in [2.05, 4.69) is 49.3 Å². The van der Waals surface area contributed by atoms with Gasteiger partial charge in [-0.15, -0.1) is 24.8 Å². The number of carboxylic acids is 1. The quantitative estimate of drug-likeness (QED) is 0.148. The molecule has 4 aliphatic heterocycles. The predicted octanol–water partition coefficient (Wildman–Crippen LogP) is 7.14. The Bertz CT molecular complexity index is 1970. The molecule has 0 fully saturated rings. The highest BCUT2D eigenvalue weighted by atomic mass is 35.5. The lowest BCUT2D eigenvalue weighted by Crippen LogP contribution is -2.52. The molecule has 0 radical (unpaired) electrons. The van der Waals surface area contributed by atoms with Crippen molar-refractivity contribution in [2.45, 2.75) is 57.0 Å². The third-order valence-electron chi connectivity index (χ3n) is 11.3. The van der Waals surface area contributed by atoms with Crippen LogP contribution in [0, 0.1) is 0 Å². The first-order valence-corrected chi connectivity index (χ1v) is 18.1. The van der Waals surface area contributed by atoms with Gasteiger partial charge in [0.05, 0.1) is 41.5 Å². The highest BCUT2D eigenvalue weighted by molar-refractivity contribution is 5.85. The van der Waals surface area contributed by atoms with Crippen molar-refractivity contribution < 1.29 is 43.2 Å². The van der Waals surface area contributed by atoms with Crippen LogP contribution < -0.4 is 28.8 Å². The average molecular weight is 782 g/mol. The molecule has 0 aromatic heterocycles. The third-order valence-corrected chi connectivity index (χ3v) is 11.3. The largest absolute Gasteiger partial charge is 0.550 e. The van der Waals surface area contributed by atoms with E-state index in [-0.39, 0.29) is 49.1 Å². The number of hydrogen-bond donors (Lipinski definition) is 1. The number of phenols is 1. The lowest BCUT2D eigenvalue weighted by atomic mass is 9.85. The number of carbonyl (C=O) groups is 1. The topological polar surface area (TPSA) is 110 Å². The molecule has 0 amide bonds. The Morgan fingerprint density at radius 2 is 1.54 bits per heavy atom. The standard InChI is InChI=1S/C42H48N2O8.2ClH/c1-43-17-15-29-24-38(50-5)41(47)42-40(29)32(43)20-27-11-14-34(48-3)36(22-27)51-30-12-9-26(10-13-30)21-33-31-25-37(52-42)35(49-4)23-28(31)16-19-44(33,2)18-7-6-8-39(45)46;;/h9-14,22-25,32-33H,6-8,15-21H2,1-5H3,(H-,45,46,47);2*1H. The van der Waals surface area contributed by atoms with Crippen LogP contribution in [0.2, 0.25) is 0 Å². The lowest BCUT2D eigenvalue weighted by Gasteiger charge is -2.46. The second-order valence-corrected chi connectivity index (χ2v) is 14.5. The third kappa shape index (κ3) is 8.03.